The SMILES string of the molecule is CCc1ccc(NC(=O)C(=O)NCc2ccc(N(CC)CC)nc2)cc1[N+](=O)[O-]. The molecule has 9 nitrogen and oxygen atoms in total. The summed E-state index contributed by atoms with van der Waals surface area (Å²) in [4.78, 5) is 41.2. The van der Waals surface area contributed by atoms with Gasteiger partial charge in [0.25, 0.3) is 5.69 Å². The van der Waals surface area contributed by atoms with Gasteiger partial charge in [0.15, 0.2) is 0 Å². The molecule has 0 aliphatic rings. The summed E-state index contributed by atoms with van der Waals surface area (Å²) in [7, 11) is 0. The number of amides is 2. The van der Waals surface area contributed by atoms with E-state index in [2.05, 4.69) is 20.5 Å². The molecular weight excluding hydrogens is 374 g/mol. The molecule has 0 saturated carbocycles. The maximum Gasteiger partial charge on any atom is 0.313 e. The van der Waals surface area contributed by atoms with Gasteiger partial charge >= 0.3 is 11.8 Å². The lowest BCUT2D eigenvalue weighted by Crippen LogP contribution is -2.35. The van der Waals surface area contributed by atoms with Gasteiger partial charge in [0.2, 0.25) is 0 Å². The Balaban J connectivity index is 1.95. The lowest BCUT2D eigenvalue weighted by Gasteiger charge is -2.19. The molecule has 1 aromatic heterocycles. The quantitative estimate of drug-likeness (QED) is 0.400. The summed E-state index contributed by atoms with van der Waals surface area (Å²) in [5.74, 6) is -0.878. The number of hydrogen-bond donors (Lipinski definition) is 2. The zero-order chi connectivity index (χ0) is 21.4. The van der Waals surface area contributed by atoms with E-state index in [0.717, 1.165) is 24.5 Å². The zero-order valence-corrected chi connectivity index (χ0v) is 16.8. The van der Waals surface area contributed by atoms with Crippen LogP contribution >= 0.6 is 0 Å². The summed E-state index contributed by atoms with van der Waals surface area (Å²) >= 11 is 0. The van der Waals surface area contributed by atoms with Crippen molar-refractivity contribution in [1.82, 2.24) is 10.3 Å². The summed E-state index contributed by atoms with van der Waals surface area (Å²) in [6, 6.07) is 8.05. The molecule has 0 saturated heterocycles. The first-order valence-electron chi connectivity index (χ1n) is 9.45. The Morgan fingerprint density at radius 3 is 2.38 bits per heavy atom. The van der Waals surface area contributed by atoms with Gasteiger partial charge in [-0.3, -0.25) is 19.7 Å². The third-order valence-electron chi connectivity index (χ3n) is 4.48. The Bertz CT molecular complexity index is 879. The lowest BCUT2D eigenvalue weighted by atomic mass is 10.1. The molecule has 0 spiro atoms. The highest BCUT2D eigenvalue weighted by atomic mass is 16.6. The molecule has 2 amide bonds. The minimum atomic E-state index is -0.892. The van der Waals surface area contributed by atoms with E-state index < -0.39 is 16.7 Å². The van der Waals surface area contributed by atoms with E-state index in [9.17, 15) is 19.7 Å². The Labute approximate surface area is 169 Å². The van der Waals surface area contributed by atoms with Gasteiger partial charge in [0.1, 0.15) is 5.82 Å². The van der Waals surface area contributed by atoms with Gasteiger partial charge in [-0.25, -0.2) is 4.98 Å². The number of carbonyl (C=O) groups excluding carboxylic acids is 2. The highest BCUT2D eigenvalue weighted by Crippen LogP contribution is 2.23. The number of anilines is 2. The zero-order valence-electron chi connectivity index (χ0n) is 16.8. The van der Waals surface area contributed by atoms with Crippen LogP contribution in [0, 0.1) is 10.1 Å². The Morgan fingerprint density at radius 2 is 1.83 bits per heavy atom. The number of hydrogen-bond acceptors (Lipinski definition) is 6. The van der Waals surface area contributed by atoms with Crippen molar-refractivity contribution in [3.05, 3.63) is 57.8 Å². The van der Waals surface area contributed by atoms with Crippen LogP contribution in [0.3, 0.4) is 0 Å². The fraction of sp³-hybridized carbons (Fsp3) is 0.350. The highest BCUT2D eigenvalue weighted by molar-refractivity contribution is 6.39. The first-order chi connectivity index (χ1) is 13.9. The number of benzene rings is 1. The van der Waals surface area contributed by atoms with Gasteiger partial charge < -0.3 is 15.5 Å². The number of nitro benzene ring substituents is 1. The summed E-state index contributed by atoms with van der Waals surface area (Å²) in [6.45, 7) is 7.73. The van der Waals surface area contributed by atoms with E-state index in [4.69, 9.17) is 0 Å². The smallest absolute Gasteiger partial charge is 0.313 e. The molecule has 0 unspecified atom stereocenters. The Hall–Kier alpha value is -3.49. The molecule has 9 heteroatoms. The van der Waals surface area contributed by atoms with Crippen LogP contribution in [0.2, 0.25) is 0 Å². The molecule has 1 aromatic carbocycles. The van der Waals surface area contributed by atoms with E-state index >= 15 is 0 Å². The van der Waals surface area contributed by atoms with Crippen molar-refractivity contribution in [2.75, 3.05) is 23.3 Å². The number of aromatic nitrogens is 1. The van der Waals surface area contributed by atoms with Crippen LogP contribution in [0.4, 0.5) is 17.2 Å². The van der Waals surface area contributed by atoms with Gasteiger partial charge in [-0.05, 0) is 38.0 Å². The number of rotatable bonds is 8. The Kier molecular flexibility index (Phi) is 7.64. The second-order valence-electron chi connectivity index (χ2n) is 6.29. The second kappa shape index (κ2) is 10.2. The van der Waals surface area contributed by atoms with Crippen molar-refractivity contribution in [2.45, 2.75) is 33.7 Å². The fourth-order valence-corrected chi connectivity index (χ4v) is 2.82. The average Bonchev–Trinajstić information content (AvgIpc) is 2.73. The van der Waals surface area contributed by atoms with Crippen molar-refractivity contribution in [3.8, 4) is 0 Å². The van der Waals surface area contributed by atoms with Crippen LogP contribution in [-0.4, -0.2) is 34.8 Å². The topological polar surface area (TPSA) is 117 Å². The fourth-order valence-electron chi connectivity index (χ4n) is 2.82. The normalized spacial score (nSPS) is 10.3. The van der Waals surface area contributed by atoms with Gasteiger partial charge in [-0.15, -0.1) is 0 Å². The average molecular weight is 399 g/mol. The number of nitrogens with zero attached hydrogens (tertiary/aromatic N) is 3. The van der Waals surface area contributed by atoms with Gasteiger partial charge in [-0.1, -0.05) is 19.1 Å². The minimum absolute atomic E-state index is 0.0925. The van der Waals surface area contributed by atoms with E-state index in [1.807, 2.05) is 26.0 Å². The maximum atomic E-state index is 12.1. The maximum absolute atomic E-state index is 12.1. The monoisotopic (exact) mass is 399 g/mol. The molecule has 0 fully saturated rings. The van der Waals surface area contributed by atoms with Crippen LogP contribution in [-0.2, 0) is 22.6 Å². The number of nitrogens with one attached hydrogen (secondary N) is 2. The molecule has 0 bridgehead atoms. The largest absolute Gasteiger partial charge is 0.357 e. The molecule has 2 N–H and O–H groups in total. The third kappa shape index (κ3) is 5.74. The second-order valence-corrected chi connectivity index (χ2v) is 6.29. The van der Waals surface area contributed by atoms with Gasteiger partial charge in [-0.2, -0.15) is 0 Å². The highest BCUT2D eigenvalue weighted by Gasteiger charge is 2.17. The predicted molar refractivity (Wildman–Crippen MR) is 111 cm³/mol. The van der Waals surface area contributed by atoms with Crippen LogP contribution in [0.25, 0.3) is 0 Å². The summed E-state index contributed by atoms with van der Waals surface area (Å²) < 4.78 is 0. The minimum Gasteiger partial charge on any atom is -0.357 e. The summed E-state index contributed by atoms with van der Waals surface area (Å²) in [5.41, 5.74) is 1.41. The van der Waals surface area contributed by atoms with Crippen molar-refractivity contribution >= 4 is 29.0 Å². The molecule has 1 heterocycles. The van der Waals surface area contributed by atoms with Crippen molar-refractivity contribution in [1.29, 1.82) is 0 Å². The lowest BCUT2D eigenvalue weighted by molar-refractivity contribution is -0.385. The van der Waals surface area contributed by atoms with E-state index in [0.29, 0.717) is 12.0 Å². The molecule has 2 aromatic rings. The number of carbonyl (C=O) groups is 2. The first-order valence-corrected chi connectivity index (χ1v) is 9.45. The molecule has 0 atom stereocenters. The van der Waals surface area contributed by atoms with Crippen LogP contribution in [0.15, 0.2) is 36.5 Å². The van der Waals surface area contributed by atoms with E-state index in [1.165, 1.54) is 12.1 Å². The van der Waals surface area contributed by atoms with Crippen molar-refractivity contribution in [3.63, 3.8) is 0 Å². The predicted octanol–water partition coefficient (Wildman–Crippen LogP) is 2.65. The molecule has 2 rings (SSSR count). The molecule has 0 radical (unpaired) electrons. The van der Waals surface area contributed by atoms with Gasteiger partial charge in [0.05, 0.1) is 4.92 Å². The summed E-state index contributed by atoms with van der Waals surface area (Å²) in [5, 5.41) is 16.0. The van der Waals surface area contributed by atoms with Crippen molar-refractivity contribution in [2.24, 2.45) is 0 Å². The van der Waals surface area contributed by atoms with Gasteiger partial charge in [0, 0.05) is 43.1 Å². The number of pyridine rings is 1. The molecule has 154 valence electrons. The first kappa shape index (κ1) is 21.8. The third-order valence-corrected chi connectivity index (χ3v) is 4.48. The number of aryl methyl sites for hydroxylation is 1. The Morgan fingerprint density at radius 1 is 1.10 bits per heavy atom. The molecule has 0 aliphatic heterocycles. The van der Waals surface area contributed by atoms with Crippen LogP contribution < -0.4 is 15.5 Å². The summed E-state index contributed by atoms with van der Waals surface area (Å²) in [6.07, 6.45) is 2.14. The van der Waals surface area contributed by atoms with Crippen LogP contribution in [0.1, 0.15) is 31.9 Å². The van der Waals surface area contributed by atoms with Crippen LogP contribution in [0.5, 0.6) is 0 Å². The molecule has 29 heavy (non-hydrogen) atoms. The van der Waals surface area contributed by atoms with E-state index in [1.54, 1.807) is 19.2 Å². The van der Waals surface area contributed by atoms with Crippen molar-refractivity contribution < 1.29 is 14.5 Å². The number of nitro groups is 1. The van der Waals surface area contributed by atoms with E-state index in [-0.39, 0.29) is 17.9 Å². The molecule has 0 aliphatic carbocycles. The molecular formula is C20H25N5O4. The standard InChI is InChI=1S/C20H25N5O4/c1-4-15-8-9-16(11-17(15)25(28)29)23-20(27)19(26)22-13-14-7-10-18(21-12-14)24(5-2)6-3/h7-12H,4-6,13H2,1-3H3,(H,22,26)(H,23,27).